The quantitative estimate of drug-likeness (QED) is 0.799. The molecule has 0 unspecified atom stereocenters. The summed E-state index contributed by atoms with van der Waals surface area (Å²) in [5.41, 5.74) is 1.19. The zero-order chi connectivity index (χ0) is 16.0. The number of rotatable bonds is 1. The first-order valence-corrected chi connectivity index (χ1v) is 8.62. The molecule has 2 aliphatic heterocycles. The number of hydrogen-bond donors (Lipinski definition) is 0. The first-order valence-electron chi connectivity index (χ1n) is 8.62. The molecule has 1 aliphatic carbocycles. The fraction of sp³-hybridized carbons (Fsp3) is 0.667. The number of nitrogens with zero attached hydrogens (tertiary/aromatic N) is 1. The zero-order valence-corrected chi connectivity index (χ0v) is 13.7. The van der Waals surface area contributed by atoms with Crippen molar-refractivity contribution < 1.29 is 18.7 Å². The summed E-state index contributed by atoms with van der Waals surface area (Å²) in [6, 6.07) is 0. The standard InChI is InChI=1S/C18H23NO4/c1-12-15(16-13(20)4-2-5-14(16)23-12)17(21)19-8-3-6-18(10-19)7-9-22-11-18/h2-11H2,1H3/t18-/m1/s1. The van der Waals surface area contributed by atoms with Gasteiger partial charge < -0.3 is 14.1 Å². The van der Waals surface area contributed by atoms with Crippen molar-refractivity contribution in [1.29, 1.82) is 0 Å². The van der Waals surface area contributed by atoms with Crippen LogP contribution in [0.1, 0.15) is 64.3 Å². The molecule has 23 heavy (non-hydrogen) atoms. The minimum absolute atomic E-state index is 0.0336. The SMILES string of the molecule is Cc1oc2c(c1C(=O)N1CCC[C@@]3(CCOC3)C1)C(=O)CCC2. The molecule has 1 atom stereocenters. The first-order chi connectivity index (χ1) is 11.1. The van der Waals surface area contributed by atoms with Gasteiger partial charge in [-0.05, 0) is 32.6 Å². The lowest BCUT2D eigenvalue weighted by Gasteiger charge is -2.39. The van der Waals surface area contributed by atoms with Gasteiger partial charge in [0, 0.05) is 38.0 Å². The predicted molar refractivity (Wildman–Crippen MR) is 83.7 cm³/mol. The maximum Gasteiger partial charge on any atom is 0.258 e. The van der Waals surface area contributed by atoms with Crippen LogP contribution in [0.2, 0.25) is 0 Å². The number of amides is 1. The lowest BCUT2D eigenvalue weighted by atomic mass is 9.79. The highest BCUT2D eigenvalue weighted by Gasteiger charge is 2.42. The van der Waals surface area contributed by atoms with E-state index in [1.807, 2.05) is 4.90 Å². The van der Waals surface area contributed by atoms with E-state index in [0.29, 0.717) is 29.1 Å². The molecule has 0 radical (unpaired) electrons. The summed E-state index contributed by atoms with van der Waals surface area (Å²) in [4.78, 5) is 27.3. The van der Waals surface area contributed by atoms with Crippen LogP contribution in [0, 0.1) is 12.3 Å². The van der Waals surface area contributed by atoms with Crippen molar-refractivity contribution >= 4 is 11.7 Å². The van der Waals surface area contributed by atoms with Crippen LogP contribution in [0.5, 0.6) is 0 Å². The van der Waals surface area contributed by atoms with E-state index in [4.69, 9.17) is 9.15 Å². The number of ketones is 1. The van der Waals surface area contributed by atoms with Crippen LogP contribution in [0.25, 0.3) is 0 Å². The Morgan fingerprint density at radius 3 is 2.87 bits per heavy atom. The number of carbonyl (C=O) groups excluding carboxylic acids is 2. The second-order valence-corrected chi connectivity index (χ2v) is 7.24. The molecule has 3 heterocycles. The average molecular weight is 317 g/mol. The highest BCUT2D eigenvalue weighted by atomic mass is 16.5. The number of ether oxygens (including phenoxy) is 1. The van der Waals surface area contributed by atoms with Crippen LogP contribution in [-0.2, 0) is 11.2 Å². The number of furan rings is 1. The molecule has 2 fully saturated rings. The molecular weight excluding hydrogens is 294 g/mol. The number of Topliss-reactive ketones (excluding diaryl/α,β-unsaturated/α-hetero) is 1. The Bertz CT molecular complexity index is 654. The summed E-state index contributed by atoms with van der Waals surface area (Å²) in [6.45, 7) is 4.84. The molecule has 2 saturated heterocycles. The van der Waals surface area contributed by atoms with Crippen molar-refractivity contribution in [3.05, 3.63) is 22.6 Å². The molecule has 5 heteroatoms. The second kappa shape index (κ2) is 5.48. The molecular formula is C18H23NO4. The monoisotopic (exact) mass is 317 g/mol. The highest BCUT2D eigenvalue weighted by molar-refractivity contribution is 6.10. The highest BCUT2D eigenvalue weighted by Crippen LogP contribution is 2.39. The van der Waals surface area contributed by atoms with Gasteiger partial charge in [0.15, 0.2) is 5.78 Å². The molecule has 1 spiro atoms. The molecule has 0 bridgehead atoms. The lowest BCUT2D eigenvalue weighted by molar-refractivity contribution is 0.0459. The van der Waals surface area contributed by atoms with Crippen LogP contribution >= 0.6 is 0 Å². The van der Waals surface area contributed by atoms with Crippen molar-refractivity contribution in [3.8, 4) is 0 Å². The summed E-state index contributed by atoms with van der Waals surface area (Å²) in [7, 11) is 0. The molecule has 124 valence electrons. The summed E-state index contributed by atoms with van der Waals surface area (Å²) in [5.74, 6) is 1.33. The summed E-state index contributed by atoms with van der Waals surface area (Å²) in [6.07, 6.45) is 5.24. The van der Waals surface area contributed by atoms with Crippen molar-refractivity contribution in [2.24, 2.45) is 5.41 Å². The topological polar surface area (TPSA) is 59.8 Å². The fourth-order valence-electron chi connectivity index (χ4n) is 4.38. The van der Waals surface area contributed by atoms with Gasteiger partial charge in [0.2, 0.25) is 0 Å². The molecule has 1 aromatic heterocycles. The Labute approximate surface area is 136 Å². The number of likely N-dealkylation sites (tertiary alicyclic amines) is 1. The van der Waals surface area contributed by atoms with E-state index in [1.165, 1.54) is 0 Å². The van der Waals surface area contributed by atoms with Crippen LogP contribution in [0.15, 0.2) is 4.42 Å². The van der Waals surface area contributed by atoms with Crippen LogP contribution in [0.3, 0.4) is 0 Å². The van der Waals surface area contributed by atoms with E-state index < -0.39 is 0 Å². The Morgan fingerprint density at radius 1 is 1.22 bits per heavy atom. The van der Waals surface area contributed by atoms with Gasteiger partial charge in [0.25, 0.3) is 5.91 Å². The number of carbonyl (C=O) groups is 2. The molecule has 4 rings (SSSR count). The largest absolute Gasteiger partial charge is 0.465 e. The van der Waals surface area contributed by atoms with E-state index in [0.717, 1.165) is 58.4 Å². The molecule has 3 aliphatic rings. The smallest absolute Gasteiger partial charge is 0.258 e. The van der Waals surface area contributed by atoms with Crippen LogP contribution in [-0.4, -0.2) is 42.9 Å². The zero-order valence-electron chi connectivity index (χ0n) is 13.7. The molecule has 1 amide bonds. The number of piperidine rings is 1. The van der Waals surface area contributed by atoms with Gasteiger partial charge in [-0.1, -0.05) is 0 Å². The second-order valence-electron chi connectivity index (χ2n) is 7.24. The van der Waals surface area contributed by atoms with Gasteiger partial charge in [0.1, 0.15) is 11.5 Å². The maximum absolute atomic E-state index is 13.1. The normalized spacial score (nSPS) is 27.5. The number of aryl methyl sites for hydroxylation is 2. The molecule has 5 nitrogen and oxygen atoms in total. The minimum Gasteiger partial charge on any atom is -0.465 e. The Morgan fingerprint density at radius 2 is 2.09 bits per heavy atom. The third-order valence-corrected chi connectivity index (χ3v) is 5.59. The Hall–Kier alpha value is -1.62. The van der Waals surface area contributed by atoms with E-state index in [-0.39, 0.29) is 17.1 Å². The van der Waals surface area contributed by atoms with Crippen molar-refractivity contribution in [2.75, 3.05) is 26.3 Å². The first kappa shape index (κ1) is 14.9. The van der Waals surface area contributed by atoms with Gasteiger partial charge >= 0.3 is 0 Å². The Kier molecular flexibility index (Phi) is 3.56. The van der Waals surface area contributed by atoms with E-state index >= 15 is 0 Å². The molecule has 0 saturated carbocycles. The van der Waals surface area contributed by atoms with Gasteiger partial charge in [-0.3, -0.25) is 9.59 Å². The van der Waals surface area contributed by atoms with Crippen molar-refractivity contribution in [3.63, 3.8) is 0 Å². The van der Waals surface area contributed by atoms with Gasteiger partial charge in [-0.25, -0.2) is 0 Å². The van der Waals surface area contributed by atoms with Gasteiger partial charge in [0.05, 0.1) is 17.7 Å². The maximum atomic E-state index is 13.1. The van der Waals surface area contributed by atoms with E-state index in [9.17, 15) is 9.59 Å². The van der Waals surface area contributed by atoms with Crippen LogP contribution < -0.4 is 0 Å². The van der Waals surface area contributed by atoms with Gasteiger partial charge in [-0.15, -0.1) is 0 Å². The number of fused-ring (bicyclic) bond motifs is 1. The van der Waals surface area contributed by atoms with Crippen molar-refractivity contribution in [2.45, 2.75) is 45.4 Å². The summed E-state index contributed by atoms with van der Waals surface area (Å²) in [5, 5.41) is 0. The summed E-state index contributed by atoms with van der Waals surface area (Å²) < 4.78 is 11.3. The average Bonchev–Trinajstić information content (AvgIpc) is 3.11. The number of hydrogen-bond acceptors (Lipinski definition) is 4. The fourth-order valence-corrected chi connectivity index (χ4v) is 4.38. The third-order valence-electron chi connectivity index (χ3n) is 5.59. The summed E-state index contributed by atoms with van der Waals surface area (Å²) >= 11 is 0. The Balaban J connectivity index is 1.64. The lowest BCUT2D eigenvalue weighted by Crippen LogP contribution is -2.46. The van der Waals surface area contributed by atoms with E-state index in [2.05, 4.69) is 0 Å². The molecule has 0 N–H and O–H groups in total. The predicted octanol–water partition coefficient (Wildman–Crippen LogP) is 2.75. The van der Waals surface area contributed by atoms with Crippen LogP contribution in [0.4, 0.5) is 0 Å². The van der Waals surface area contributed by atoms with E-state index in [1.54, 1.807) is 6.92 Å². The van der Waals surface area contributed by atoms with Crippen molar-refractivity contribution in [1.82, 2.24) is 4.90 Å². The third kappa shape index (κ3) is 2.42. The van der Waals surface area contributed by atoms with Gasteiger partial charge in [-0.2, -0.15) is 0 Å². The molecule has 0 aromatic carbocycles. The molecule has 1 aromatic rings. The minimum atomic E-state index is -0.0336.